The van der Waals surface area contributed by atoms with Gasteiger partial charge in [0.1, 0.15) is 17.7 Å². The van der Waals surface area contributed by atoms with Crippen molar-refractivity contribution in [1.29, 1.82) is 0 Å². The van der Waals surface area contributed by atoms with Crippen molar-refractivity contribution in [2.24, 2.45) is 0 Å². The van der Waals surface area contributed by atoms with Gasteiger partial charge in [-0.15, -0.1) is 0 Å². The Morgan fingerprint density at radius 1 is 1.41 bits per heavy atom. The van der Waals surface area contributed by atoms with Crippen molar-refractivity contribution in [3.8, 4) is 11.3 Å². The molecule has 1 aliphatic heterocycles. The number of aromatic nitrogens is 2. The summed E-state index contributed by atoms with van der Waals surface area (Å²) in [7, 11) is 0. The Hall–Kier alpha value is -1.68. The second-order valence-electron chi connectivity index (χ2n) is 4.35. The number of rotatable bonds is 1. The molecule has 0 bridgehead atoms. The van der Waals surface area contributed by atoms with Gasteiger partial charge in [0.25, 0.3) is 0 Å². The molecule has 0 radical (unpaired) electrons. The monoisotopic (exact) mass is 232 g/mol. The van der Waals surface area contributed by atoms with Crippen molar-refractivity contribution in [2.75, 3.05) is 0 Å². The lowest BCUT2D eigenvalue weighted by atomic mass is 10.1. The smallest absolute Gasteiger partial charge is 0.138 e. The van der Waals surface area contributed by atoms with E-state index in [-0.39, 0.29) is 5.82 Å². The van der Waals surface area contributed by atoms with Gasteiger partial charge >= 0.3 is 0 Å². The molecule has 2 aromatic rings. The molecule has 0 fully saturated rings. The maximum atomic E-state index is 13.1. The molecule has 1 aliphatic rings. The zero-order valence-electron chi connectivity index (χ0n) is 9.31. The fourth-order valence-corrected chi connectivity index (χ4v) is 2.25. The normalized spacial score (nSPS) is 19.1. The van der Waals surface area contributed by atoms with E-state index in [4.69, 9.17) is 0 Å². The summed E-state index contributed by atoms with van der Waals surface area (Å²) in [6.07, 6.45) is 3.09. The van der Waals surface area contributed by atoms with E-state index >= 15 is 0 Å². The standard InChI is InChI=1S/C13H13FN2O/c14-10-4-1-3-9(7-10)11-8-16-6-2-5-12(17)13(16)15-11/h1,3-4,7-8,12,17H,2,5-6H2/t12-/m1/s1. The Morgan fingerprint density at radius 3 is 3.06 bits per heavy atom. The number of halogens is 1. The predicted octanol–water partition coefficient (Wildman–Crippen LogP) is 2.52. The third-order valence-corrected chi connectivity index (χ3v) is 3.10. The van der Waals surface area contributed by atoms with Crippen LogP contribution >= 0.6 is 0 Å². The molecule has 4 heteroatoms. The highest BCUT2D eigenvalue weighted by atomic mass is 19.1. The first kappa shape index (κ1) is 10.5. The summed E-state index contributed by atoms with van der Waals surface area (Å²) in [5, 5.41) is 9.82. The molecule has 1 aromatic heterocycles. The van der Waals surface area contributed by atoms with Crippen molar-refractivity contribution in [3.63, 3.8) is 0 Å². The number of hydrogen-bond acceptors (Lipinski definition) is 2. The lowest BCUT2D eigenvalue weighted by Gasteiger charge is -2.18. The minimum absolute atomic E-state index is 0.269. The lowest BCUT2D eigenvalue weighted by Crippen LogP contribution is -2.14. The molecule has 0 unspecified atom stereocenters. The van der Waals surface area contributed by atoms with Crippen LogP contribution in [0.25, 0.3) is 11.3 Å². The van der Waals surface area contributed by atoms with Crippen molar-refractivity contribution >= 4 is 0 Å². The van der Waals surface area contributed by atoms with E-state index in [2.05, 4.69) is 4.98 Å². The molecule has 0 amide bonds. The molecule has 3 rings (SSSR count). The quantitative estimate of drug-likeness (QED) is 0.820. The van der Waals surface area contributed by atoms with E-state index in [0.29, 0.717) is 5.82 Å². The number of aryl methyl sites for hydroxylation is 1. The lowest BCUT2D eigenvalue weighted by molar-refractivity contribution is 0.134. The molecule has 2 heterocycles. The highest BCUT2D eigenvalue weighted by molar-refractivity contribution is 5.58. The Labute approximate surface area is 98.5 Å². The second-order valence-corrected chi connectivity index (χ2v) is 4.35. The summed E-state index contributed by atoms with van der Waals surface area (Å²) in [5.41, 5.74) is 1.47. The number of nitrogens with zero attached hydrogens (tertiary/aromatic N) is 2. The van der Waals surface area contributed by atoms with Crippen LogP contribution in [0.2, 0.25) is 0 Å². The third kappa shape index (κ3) is 1.85. The van der Waals surface area contributed by atoms with E-state index in [1.807, 2.05) is 16.8 Å². The Morgan fingerprint density at radius 2 is 2.29 bits per heavy atom. The largest absolute Gasteiger partial charge is 0.385 e. The number of hydrogen-bond donors (Lipinski definition) is 1. The van der Waals surface area contributed by atoms with Crippen molar-refractivity contribution < 1.29 is 9.50 Å². The van der Waals surface area contributed by atoms with Crippen LogP contribution in [0.1, 0.15) is 24.8 Å². The van der Waals surface area contributed by atoms with E-state index in [1.54, 1.807) is 6.07 Å². The Balaban J connectivity index is 2.05. The number of aliphatic hydroxyl groups excluding tert-OH is 1. The maximum Gasteiger partial charge on any atom is 0.138 e. The fourth-order valence-electron chi connectivity index (χ4n) is 2.25. The Kier molecular flexibility index (Phi) is 2.44. The molecule has 0 aliphatic carbocycles. The average Bonchev–Trinajstić information content (AvgIpc) is 2.74. The maximum absolute atomic E-state index is 13.1. The van der Waals surface area contributed by atoms with Crippen LogP contribution in [-0.4, -0.2) is 14.7 Å². The van der Waals surface area contributed by atoms with Crippen LogP contribution in [0, 0.1) is 5.82 Å². The molecule has 0 saturated heterocycles. The fraction of sp³-hybridized carbons (Fsp3) is 0.308. The summed E-state index contributed by atoms with van der Waals surface area (Å²) in [5.74, 6) is 0.421. The van der Waals surface area contributed by atoms with Crippen molar-refractivity contribution in [3.05, 3.63) is 42.1 Å². The first-order valence-electron chi connectivity index (χ1n) is 5.75. The molecule has 1 N–H and O–H groups in total. The number of imidazole rings is 1. The molecule has 1 atom stereocenters. The van der Waals surface area contributed by atoms with Crippen LogP contribution in [0.15, 0.2) is 30.5 Å². The van der Waals surface area contributed by atoms with Crippen LogP contribution < -0.4 is 0 Å². The third-order valence-electron chi connectivity index (χ3n) is 3.10. The van der Waals surface area contributed by atoms with E-state index < -0.39 is 6.10 Å². The Bertz CT molecular complexity index is 550. The minimum atomic E-state index is -0.494. The molecular formula is C13H13FN2O. The van der Waals surface area contributed by atoms with Crippen LogP contribution in [-0.2, 0) is 6.54 Å². The van der Waals surface area contributed by atoms with Gasteiger partial charge in [-0.1, -0.05) is 12.1 Å². The SMILES string of the molecule is O[C@@H]1CCCn2cc(-c3cccc(F)c3)nc21. The van der Waals surface area contributed by atoms with Gasteiger partial charge in [-0.3, -0.25) is 0 Å². The van der Waals surface area contributed by atoms with E-state index in [0.717, 1.165) is 30.6 Å². The van der Waals surface area contributed by atoms with E-state index in [1.165, 1.54) is 12.1 Å². The van der Waals surface area contributed by atoms with Gasteiger partial charge in [-0.25, -0.2) is 9.37 Å². The molecule has 3 nitrogen and oxygen atoms in total. The molecule has 0 saturated carbocycles. The number of benzene rings is 1. The van der Waals surface area contributed by atoms with E-state index in [9.17, 15) is 9.50 Å². The summed E-state index contributed by atoms with van der Waals surface area (Å²) >= 11 is 0. The van der Waals surface area contributed by atoms with Gasteiger partial charge < -0.3 is 9.67 Å². The summed E-state index contributed by atoms with van der Waals surface area (Å²) < 4.78 is 15.1. The zero-order chi connectivity index (χ0) is 11.8. The molecule has 88 valence electrons. The number of fused-ring (bicyclic) bond motifs is 1. The van der Waals surface area contributed by atoms with Crippen molar-refractivity contribution in [1.82, 2.24) is 9.55 Å². The van der Waals surface area contributed by atoms with Crippen LogP contribution in [0.5, 0.6) is 0 Å². The van der Waals surface area contributed by atoms with Crippen LogP contribution in [0.3, 0.4) is 0 Å². The van der Waals surface area contributed by atoms with Crippen LogP contribution in [0.4, 0.5) is 4.39 Å². The molecule has 1 aromatic carbocycles. The van der Waals surface area contributed by atoms with Gasteiger partial charge in [0.2, 0.25) is 0 Å². The first-order valence-corrected chi connectivity index (χ1v) is 5.75. The van der Waals surface area contributed by atoms with Gasteiger partial charge in [-0.05, 0) is 25.0 Å². The second kappa shape index (κ2) is 3.96. The number of aliphatic hydroxyl groups is 1. The summed E-state index contributed by atoms with van der Waals surface area (Å²) in [4.78, 5) is 4.39. The highest BCUT2D eigenvalue weighted by Crippen LogP contribution is 2.28. The predicted molar refractivity (Wildman–Crippen MR) is 61.8 cm³/mol. The molecular weight excluding hydrogens is 219 g/mol. The summed E-state index contributed by atoms with van der Waals surface area (Å²) in [6, 6.07) is 6.36. The topological polar surface area (TPSA) is 38.0 Å². The van der Waals surface area contributed by atoms with Gasteiger partial charge in [-0.2, -0.15) is 0 Å². The molecule has 17 heavy (non-hydrogen) atoms. The molecule has 0 spiro atoms. The zero-order valence-corrected chi connectivity index (χ0v) is 9.31. The highest BCUT2D eigenvalue weighted by Gasteiger charge is 2.21. The summed E-state index contributed by atoms with van der Waals surface area (Å²) in [6.45, 7) is 0.870. The first-order chi connectivity index (χ1) is 8.24. The minimum Gasteiger partial charge on any atom is -0.385 e. The van der Waals surface area contributed by atoms with Gasteiger partial charge in [0.05, 0.1) is 5.69 Å². The average molecular weight is 232 g/mol. The van der Waals surface area contributed by atoms with Gasteiger partial charge in [0, 0.05) is 18.3 Å². The van der Waals surface area contributed by atoms with Gasteiger partial charge in [0.15, 0.2) is 0 Å². The van der Waals surface area contributed by atoms with Crippen molar-refractivity contribution in [2.45, 2.75) is 25.5 Å².